The Labute approximate surface area is 211 Å². The molecule has 1 aliphatic heterocycles. The number of aromatic nitrogens is 3. The van der Waals surface area contributed by atoms with Gasteiger partial charge in [-0.15, -0.1) is 0 Å². The summed E-state index contributed by atoms with van der Waals surface area (Å²) in [6.45, 7) is 6.33. The summed E-state index contributed by atoms with van der Waals surface area (Å²) >= 11 is 0. The van der Waals surface area contributed by atoms with Gasteiger partial charge in [-0.05, 0) is 56.5 Å². The number of benzene rings is 2. The number of imidazole rings is 1. The number of piperidine rings is 1. The molecule has 36 heavy (non-hydrogen) atoms. The van der Waals surface area contributed by atoms with Crippen molar-refractivity contribution in [1.29, 1.82) is 0 Å². The van der Waals surface area contributed by atoms with Crippen molar-refractivity contribution in [2.45, 2.75) is 39.3 Å². The number of amides is 1. The number of pyridine rings is 1. The Morgan fingerprint density at radius 1 is 1.06 bits per heavy atom. The zero-order valence-corrected chi connectivity index (χ0v) is 20.8. The lowest BCUT2D eigenvalue weighted by molar-refractivity contribution is 0.0709. The predicted octanol–water partition coefficient (Wildman–Crippen LogP) is 5.18. The normalized spacial score (nSPS) is 16.2. The summed E-state index contributed by atoms with van der Waals surface area (Å²) in [4.78, 5) is 20.1. The molecule has 0 radical (unpaired) electrons. The molecule has 2 N–H and O–H groups in total. The average Bonchev–Trinajstić information content (AvgIpc) is 3.42. The van der Waals surface area contributed by atoms with E-state index in [0.717, 1.165) is 48.7 Å². The Balaban J connectivity index is 1.42. The van der Waals surface area contributed by atoms with Crippen LogP contribution >= 0.6 is 0 Å². The van der Waals surface area contributed by atoms with Crippen LogP contribution in [0.2, 0.25) is 0 Å². The molecule has 6 rings (SSSR count). The van der Waals surface area contributed by atoms with Gasteiger partial charge in [0.15, 0.2) is 0 Å². The first kappa shape index (κ1) is 22.6. The van der Waals surface area contributed by atoms with Crippen molar-refractivity contribution >= 4 is 22.5 Å². The van der Waals surface area contributed by atoms with Crippen LogP contribution < -0.4 is 5.73 Å². The predicted molar refractivity (Wildman–Crippen MR) is 144 cm³/mol. The van der Waals surface area contributed by atoms with Crippen LogP contribution in [0.4, 0.5) is 0 Å². The number of hydrogen-bond acceptors (Lipinski definition) is 3. The van der Waals surface area contributed by atoms with Crippen molar-refractivity contribution in [2.75, 3.05) is 13.1 Å². The van der Waals surface area contributed by atoms with Crippen LogP contribution in [0.5, 0.6) is 0 Å². The molecule has 0 aliphatic carbocycles. The van der Waals surface area contributed by atoms with Gasteiger partial charge in [-0.1, -0.05) is 48.0 Å². The lowest BCUT2D eigenvalue weighted by Gasteiger charge is -2.30. The number of carbonyl (C=O) groups excluding carboxylic acids is 1. The third kappa shape index (κ3) is 3.97. The molecule has 0 bridgehead atoms. The second-order valence-corrected chi connectivity index (χ2v) is 10.0. The summed E-state index contributed by atoms with van der Waals surface area (Å²) in [6, 6.07) is 23.2. The van der Waals surface area contributed by atoms with Gasteiger partial charge in [0, 0.05) is 54.0 Å². The number of nitrogens with zero attached hydrogens (tertiary/aromatic N) is 4. The first-order valence-electron chi connectivity index (χ1n) is 12.7. The maximum atomic E-state index is 13.2. The summed E-state index contributed by atoms with van der Waals surface area (Å²) in [5.41, 5.74) is 14.3. The van der Waals surface area contributed by atoms with Crippen LogP contribution in [0.1, 0.15) is 40.0 Å². The third-order valence-electron chi connectivity index (χ3n) is 7.37. The Morgan fingerprint density at radius 2 is 1.86 bits per heavy atom. The molecule has 1 atom stereocenters. The number of para-hydroxylation sites is 1. The minimum absolute atomic E-state index is 0.0309. The van der Waals surface area contributed by atoms with Crippen LogP contribution in [-0.4, -0.2) is 43.9 Å². The molecule has 5 aromatic rings. The van der Waals surface area contributed by atoms with E-state index in [2.05, 4.69) is 77.4 Å². The highest BCUT2D eigenvalue weighted by atomic mass is 16.2. The smallest absolute Gasteiger partial charge is 0.254 e. The van der Waals surface area contributed by atoms with Gasteiger partial charge in [0.25, 0.3) is 5.91 Å². The molecule has 182 valence electrons. The van der Waals surface area contributed by atoms with Crippen LogP contribution in [0.15, 0.2) is 72.9 Å². The monoisotopic (exact) mass is 477 g/mol. The number of fused-ring (bicyclic) bond motifs is 2. The van der Waals surface area contributed by atoms with Crippen molar-refractivity contribution in [3.8, 4) is 11.4 Å². The zero-order chi connectivity index (χ0) is 24.8. The number of hydrogen-bond donors (Lipinski definition) is 1. The highest BCUT2D eigenvalue weighted by molar-refractivity contribution is 5.95. The largest absolute Gasteiger partial charge is 0.337 e. The van der Waals surface area contributed by atoms with Gasteiger partial charge in [0.05, 0.1) is 5.69 Å². The summed E-state index contributed by atoms with van der Waals surface area (Å²) < 4.78 is 4.41. The molecule has 1 unspecified atom stereocenters. The number of aryl methyl sites for hydroxylation is 2. The van der Waals surface area contributed by atoms with E-state index in [0.29, 0.717) is 12.1 Å². The van der Waals surface area contributed by atoms with Gasteiger partial charge in [0.1, 0.15) is 11.3 Å². The fraction of sp³-hybridized carbons (Fsp3) is 0.267. The lowest BCUT2D eigenvalue weighted by atomic mass is 10.1. The van der Waals surface area contributed by atoms with Gasteiger partial charge >= 0.3 is 0 Å². The van der Waals surface area contributed by atoms with Crippen LogP contribution in [-0.2, 0) is 6.54 Å². The van der Waals surface area contributed by atoms with E-state index in [-0.39, 0.29) is 11.9 Å². The van der Waals surface area contributed by atoms with E-state index in [1.807, 2.05) is 23.2 Å². The van der Waals surface area contributed by atoms with Crippen molar-refractivity contribution in [3.05, 3.63) is 95.3 Å². The quantitative estimate of drug-likeness (QED) is 0.388. The maximum Gasteiger partial charge on any atom is 0.254 e. The Kier molecular flexibility index (Phi) is 5.61. The molecule has 1 amide bonds. The highest BCUT2D eigenvalue weighted by Gasteiger charge is 2.23. The lowest BCUT2D eigenvalue weighted by Crippen LogP contribution is -2.45. The fourth-order valence-electron chi connectivity index (χ4n) is 5.37. The molecule has 1 aliphatic rings. The first-order valence-corrected chi connectivity index (χ1v) is 12.7. The first-order chi connectivity index (χ1) is 17.5. The molecule has 4 heterocycles. The van der Waals surface area contributed by atoms with Crippen molar-refractivity contribution < 1.29 is 4.79 Å². The molecule has 6 heteroatoms. The van der Waals surface area contributed by atoms with Crippen molar-refractivity contribution in [2.24, 2.45) is 5.73 Å². The second-order valence-electron chi connectivity index (χ2n) is 10.0. The SMILES string of the molecule is Cc1ccc(Cn2c(-c3nc4cc(C(=O)N5CCCC(N)C5)ccn4c3C)cc3ccccc32)cc1. The fourth-order valence-corrected chi connectivity index (χ4v) is 5.37. The number of likely N-dealkylation sites (tertiary alicyclic amines) is 1. The molecular formula is C30H31N5O. The molecule has 2 aromatic carbocycles. The molecule has 6 nitrogen and oxygen atoms in total. The Hall–Kier alpha value is -3.90. The number of rotatable bonds is 4. The molecule has 1 fully saturated rings. The highest BCUT2D eigenvalue weighted by Crippen LogP contribution is 2.31. The second kappa shape index (κ2) is 8.95. The average molecular weight is 478 g/mol. The summed E-state index contributed by atoms with van der Waals surface area (Å²) in [7, 11) is 0. The van der Waals surface area contributed by atoms with Gasteiger partial charge in [-0.2, -0.15) is 0 Å². The van der Waals surface area contributed by atoms with Crippen LogP contribution in [0.25, 0.3) is 27.9 Å². The standard InChI is InChI=1S/C30H31N5O/c1-20-9-11-22(12-10-20)18-35-26-8-4-3-6-23(26)16-27(35)29-21(2)34-15-13-24(17-28(34)32-29)30(36)33-14-5-7-25(31)19-33/h3-4,6,8-13,15-17,25H,5,7,14,18-19,31H2,1-2H3. The number of carbonyl (C=O) groups is 1. The maximum absolute atomic E-state index is 13.2. The minimum atomic E-state index is 0.0309. The Bertz CT molecular complexity index is 1580. The third-order valence-corrected chi connectivity index (χ3v) is 7.37. The van der Waals surface area contributed by atoms with E-state index in [1.165, 1.54) is 22.0 Å². The van der Waals surface area contributed by atoms with Crippen molar-refractivity contribution in [3.63, 3.8) is 0 Å². The van der Waals surface area contributed by atoms with Gasteiger partial charge in [-0.25, -0.2) is 4.98 Å². The molecular weight excluding hydrogens is 446 g/mol. The van der Waals surface area contributed by atoms with E-state index in [4.69, 9.17) is 10.7 Å². The van der Waals surface area contributed by atoms with Crippen LogP contribution in [0, 0.1) is 13.8 Å². The van der Waals surface area contributed by atoms with Crippen molar-refractivity contribution in [1.82, 2.24) is 18.9 Å². The molecule has 0 saturated carbocycles. The van der Waals surface area contributed by atoms with E-state index in [1.54, 1.807) is 0 Å². The van der Waals surface area contributed by atoms with Gasteiger partial charge in [-0.3, -0.25) is 4.79 Å². The molecule has 0 spiro atoms. The summed E-state index contributed by atoms with van der Waals surface area (Å²) in [5, 5.41) is 1.19. The molecule has 1 saturated heterocycles. The van der Waals surface area contributed by atoms with E-state index in [9.17, 15) is 4.79 Å². The summed E-state index contributed by atoms with van der Waals surface area (Å²) in [5.74, 6) is 0.0309. The summed E-state index contributed by atoms with van der Waals surface area (Å²) in [6.07, 6.45) is 3.89. The number of nitrogens with two attached hydrogens (primary N) is 1. The topological polar surface area (TPSA) is 68.6 Å². The zero-order valence-electron chi connectivity index (χ0n) is 20.8. The van der Waals surface area contributed by atoms with Gasteiger partial charge in [0.2, 0.25) is 0 Å². The Morgan fingerprint density at radius 3 is 2.67 bits per heavy atom. The van der Waals surface area contributed by atoms with E-state index >= 15 is 0 Å². The molecule has 3 aromatic heterocycles. The van der Waals surface area contributed by atoms with E-state index < -0.39 is 0 Å². The van der Waals surface area contributed by atoms with Crippen LogP contribution in [0.3, 0.4) is 0 Å². The van der Waals surface area contributed by atoms with Gasteiger partial charge < -0.3 is 19.6 Å². The minimum Gasteiger partial charge on any atom is -0.337 e.